The first-order valence-corrected chi connectivity index (χ1v) is 9.26. The van der Waals surface area contributed by atoms with Gasteiger partial charge in [0.25, 0.3) is 11.8 Å². The van der Waals surface area contributed by atoms with E-state index in [9.17, 15) is 9.59 Å². The van der Waals surface area contributed by atoms with E-state index in [1.165, 1.54) is 0 Å². The van der Waals surface area contributed by atoms with Crippen molar-refractivity contribution in [2.45, 2.75) is 19.8 Å². The highest BCUT2D eigenvalue weighted by atomic mass is 35.5. The maximum Gasteiger partial charge on any atom is 0.290 e. The summed E-state index contributed by atoms with van der Waals surface area (Å²) in [7, 11) is 0. The molecular formula is C20H19ClN4O2. The highest BCUT2D eigenvalue weighted by Gasteiger charge is 2.26. The van der Waals surface area contributed by atoms with Crippen LogP contribution >= 0.6 is 11.6 Å². The summed E-state index contributed by atoms with van der Waals surface area (Å²) < 4.78 is 1.68. The number of aryl methyl sites for hydroxylation is 1. The van der Waals surface area contributed by atoms with Crippen molar-refractivity contribution in [1.29, 1.82) is 0 Å². The summed E-state index contributed by atoms with van der Waals surface area (Å²) in [5.41, 5.74) is 2.33. The third kappa shape index (κ3) is 3.28. The van der Waals surface area contributed by atoms with Gasteiger partial charge in [0, 0.05) is 30.0 Å². The van der Waals surface area contributed by atoms with Gasteiger partial charge >= 0.3 is 0 Å². The molecule has 0 saturated carbocycles. The second-order valence-electron chi connectivity index (χ2n) is 6.65. The summed E-state index contributed by atoms with van der Waals surface area (Å²) in [5.74, 6) is -0.253. The Morgan fingerprint density at radius 1 is 1.15 bits per heavy atom. The fraction of sp³-hybridized carbons (Fsp3) is 0.250. The lowest BCUT2D eigenvalue weighted by atomic mass is 10.2. The zero-order chi connectivity index (χ0) is 19.0. The molecule has 7 heteroatoms. The molecule has 0 radical (unpaired) electrons. The lowest BCUT2D eigenvalue weighted by Crippen LogP contribution is -2.29. The second kappa shape index (κ2) is 7.04. The molecule has 6 nitrogen and oxygen atoms in total. The molecule has 1 N–H and O–H groups in total. The Hall–Kier alpha value is -2.86. The van der Waals surface area contributed by atoms with E-state index in [1.54, 1.807) is 33.7 Å². The van der Waals surface area contributed by atoms with Crippen LogP contribution < -0.4 is 5.32 Å². The summed E-state index contributed by atoms with van der Waals surface area (Å²) in [6.45, 7) is 3.34. The molecule has 138 valence electrons. The number of nitrogens with zero attached hydrogens (tertiary/aromatic N) is 3. The number of pyridine rings is 1. The van der Waals surface area contributed by atoms with Crippen LogP contribution in [0.15, 0.2) is 42.6 Å². The summed E-state index contributed by atoms with van der Waals surface area (Å²) in [5, 5.41) is 3.39. The average Bonchev–Trinajstić information content (AvgIpc) is 3.32. The molecule has 0 atom stereocenters. The zero-order valence-corrected chi connectivity index (χ0v) is 15.7. The smallest absolute Gasteiger partial charge is 0.290 e. The predicted molar refractivity (Wildman–Crippen MR) is 104 cm³/mol. The van der Waals surface area contributed by atoms with Crippen molar-refractivity contribution in [1.82, 2.24) is 14.3 Å². The van der Waals surface area contributed by atoms with Gasteiger partial charge in [0.05, 0.1) is 5.52 Å². The number of imidazole rings is 1. The van der Waals surface area contributed by atoms with Gasteiger partial charge in [0.1, 0.15) is 0 Å². The number of likely N-dealkylation sites (tertiary alicyclic amines) is 1. The van der Waals surface area contributed by atoms with Crippen LogP contribution in [0, 0.1) is 6.92 Å². The molecule has 1 saturated heterocycles. The Balaban J connectivity index is 1.72. The Morgan fingerprint density at radius 2 is 1.93 bits per heavy atom. The SMILES string of the molecule is Cc1ccc(Cl)cc1NC(=O)c1nc(C(=O)N2CCCC2)n2ccccc12. The molecule has 0 spiro atoms. The third-order valence-corrected chi connectivity index (χ3v) is 5.03. The first-order valence-electron chi connectivity index (χ1n) is 8.88. The molecule has 3 heterocycles. The van der Waals surface area contributed by atoms with E-state index in [0.717, 1.165) is 31.5 Å². The summed E-state index contributed by atoms with van der Waals surface area (Å²) in [4.78, 5) is 31.9. The van der Waals surface area contributed by atoms with Crippen LogP contribution in [-0.4, -0.2) is 39.2 Å². The van der Waals surface area contributed by atoms with Crippen molar-refractivity contribution in [2.24, 2.45) is 0 Å². The lowest BCUT2D eigenvalue weighted by Gasteiger charge is -2.13. The van der Waals surface area contributed by atoms with Gasteiger partial charge in [-0.25, -0.2) is 4.98 Å². The van der Waals surface area contributed by atoms with Gasteiger partial charge in [-0.15, -0.1) is 0 Å². The molecule has 1 fully saturated rings. The molecule has 2 amide bonds. The first-order chi connectivity index (χ1) is 13.0. The van der Waals surface area contributed by atoms with Crippen LogP contribution in [0.1, 0.15) is 39.5 Å². The number of hydrogen-bond acceptors (Lipinski definition) is 3. The Kier molecular flexibility index (Phi) is 4.58. The molecule has 1 aliphatic heterocycles. The highest BCUT2D eigenvalue weighted by molar-refractivity contribution is 6.31. The Morgan fingerprint density at radius 3 is 2.70 bits per heavy atom. The summed E-state index contributed by atoms with van der Waals surface area (Å²) >= 11 is 6.04. The maximum atomic E-state index is 12.9. The third-order valence-electron chi connectivity index (χ3n) is 4.80. The molecule has 3 aromatic rings. The number of amides is 2. The minimum Gasteiger partial charge on any atom is -0.336 e. The molecular weight excluding hydrogens is 364 g/mol. The van der Waals surface area contributed by atoms with E-state index < -0.39 is 0 Å². The number of fused-ring (bicyclic) bond motifs is 1. The topological polar surface area (TPSA) is 66.7 Å². The number of benzene rings is 1. The lowest BCUT2D eigenvalue weighted by molar-refractivity contribution is 0.0780. The van der Waals surface area contributed by atoms with Crippen LogP contribution in [0.3, 0.4) is 0 Å². The molecule has 1 aromatic carbocycles. The van der Waals surface area contributed by atoms with Gasteiger partial charge in [-0.2, -0.15) is 0 Å². The summed E-state index contributed by atoms with van der Waals surface area (Å²) in [6.07, 6.45) is 3.75. The molecule has 2 aromatic heterocycles. The number of hydrogen-bond donors (Lipinski definition) is 1. The number of aromatic nitrogens is 2. The van der Waals surface area contributed by atoms with Gasteiger partial charge in [-0.3, -0.25) is 14.0 Å². The van der Waals surface area contributed by atoms with Gasteiger partial charge in [-0.05, 0) is 49.6 Å². The number of carbonyl (C=O) groups is 2. The van der Waals surface area contributed by atoms with Crippen molar-refractivity contribution < 1.29 is 9.59 Å². The van der Waals surface area contributed by atoms with E-state index in [0.29, 0.717) is 16.2 Å². The van der Waals surface area contributed by atoms with Crippen molar-refractivity contribution in [3.05, 3.63) is 64.7 Å². The molecule has 0 unspecified atom stereocenters. The Labute approximate surface area is 161 Å². The largest absolute Gasteiger partial charge is 0.336 e. The van der Waals surface area contributed by atoms with E-state index >= 15 is 0 Å². The fourth-order valence-corrected chi connectivity index (χ4v) is 3.50. The molecule has 0 aliphatic carbocycles. The number of rotatable bonds is 3. The fourth-order valence-electron chi connectivity index (χ4n) is 3.33. The van der Waals surface area contributed by atoms with E-state index in [1.807, 2.05) is 25.1 Å². The number of nitrogens with one attached hydrogen (secondary N) is 1. The summed E-state index contributed by atoms with van der Waals surface area (Å²) in [6, 6.07) is 10.7. The normalized spacial score (nSPS) is 13.9. The van der Waals surface area contributed by atoms with Crippen molar-refractivity contribution in [3.8, 4) is 0 Å². The average molecular weight is 383 g/mol. The number of carbonyl (C=O) groups excluding carboxylic acids is 2. The van der Waals surface area contributed by atoms with Crippen molar-refractivity contribution in [3.63, 3.8) is 0 Å². The standard InChI is InChI=1S/C20H19ClN4O2/c1-13-7-8-14(21)12-15(13)22-19(26)17-16-6-2-3-11-25(16)18(23-17)20(27)24-9-4-5-10-24/h2-3,6-8,11-12H,4-5,9-10H2,1H3,(H,22,26). The van der Waals surface area contributed by atoms with Gasteiger partial charge in [0.15, 0.2) is 5.69 Å². The minimum absolute atomic E-state index is 0.147. The van der Waals surface area contributed by atoms with Gasteiger partial charge < -0.3 is 10.2 Å². The van der Waals surface area contributed by atoms with E-state index in [2.05, 4.69) is 10.3 Å². The van der Waals surface area contributed by atoms with Gasteiger partial charge in [0.2, 0.25) is 5.82 Å². The number of anilines is 1. The molecule has 0 bridgehead atoms. The molecule has 4 rings (SSSR count). The minimum atomic E-state index is -0.371. The van der Waals surface area contributed by atoms with Crippen molar-refractivity contribution in [2.75, 3.05) is 18.4 Å². The van der Waals surface area contributed by atoms with Crippen LogP contribution in [0.4, 0.5) is 5.69 Å². The zero-order valence-electron chi connectivity index (χ0n) is 14.9. The van der Waals surface area contributed by atoms with E-state index in [-0.39, 0.29) is 23.3 Å². The maximum absolute atomic E-state index is 12.9. The second-order valence-corrected chi connectivity index (χ2v) is 7.09. The quantitative estimate of drug-likeness (QED) is 0.749. The van der Waals surface area contributed by atoms with Crippen LogP contribution in [0.2, 0.25) is 5.02 Å². The van der Waals surface area contributed by atoms with Crippen LogP contribution in [0.5, 0.6) is 0 Å². The van der Waals surface area contributed by atoms with E-state index in [4.69, 9.17) is 11.6 Å². The highest BCUT2D eigenvalue weighted by Crippen LogP contribution is 2.22. The molecule has 1 aliphatic rings. The predicted octanol–water partition coefficient (Wildman–Crippen LogP) is 3.78. The first kappa shape index (κ1) is 17.5. The Bertz CT molecular complexity index is 1040. The van der Waals surface area contributed by atoms with Crippen LogP contribution in [0.25, 0.3) is 5.52 Å². The molecule has 27 heavy (non-hydrogen) atoms. The number of halogens is 1. The van der Waals surface area contributed by atoms with Crippen LogP contribution in [-0.2, 0) is 0 Å². The monoisotopic (exact) mass is 382 g/mol. The van der Waals surface area contributed by atoms with Gasteiger partial charge in [-0.1, -0.05) is 23.7 Å². The van der Waals surface area contributed by atoms with Crippen molar-refractivity contribution >= 4 is 34.6 Å².